The maximum absolute atomic E-state index is 12.5. The average Bonchev–Trinajstić information content (AvgIpc) is 2.98. The third kappa shape index (κ3) is 21.2. The molecule has 0 saturated heterocycles. The number of hydrogen-bond donors (Lipinski definition) is 4. The van der Waals surface area contributed by atoms with E-state index in [9.17, 15) is 19.2 Å². The normalized spacial score (nSPS) is 11.0. The molecule has 0 fully saturated rings. The van der Waals surface area contributed by atoms with Gasteiger partial charge in [-0.25, -0.2) is 0 Å². The Kier molecular flexibility index (Phi) is 25.8. The minimum Gasteiger partial charge on any atom is -0.380 e. The fraction of sp³-hybridized carbons (Fsp3) is 0.438. The molecule has 0 aromatic heterocycles. The van der Waals surface area contributed by atoms with Gasteiger partial charge in [0.1, 0.15) is 0 Å². The Morgan fingerprint density at radius 1 is 0.689 bits per heavy atom. The first-order valence-corrected chi connectivity index (χ1v) is 14.5. The average molecular weight is 910 g/mol. The minimum absolute atomic E-state index is 0. The monoisotopic (exact) mass is 911 g/mol. The molecule has 45 heavy (non-hydrogen) atoms. The zero-order valence-electron chi connectivity index (χ0n) is 25.8. The van der Waals surface area contributed by atoms with Gasteiger partial charge in [-0.2, -0.15) is 0 Å². The Hall–Kier alpha value is -1.41. The molecule has 0 radical (unpaired) electrons. The predicted octanol–water partition coefficient (Wildman–Crippen LogP) is 1.00. The van der Waals surface area contributed by atoms with E-state index >= 15 is 0 Å². The molecule has 0 bridgehead atoms. The van der Waals surface area contributed by atoms with E-state index in [-0.39, 0.29) is 104 Å². The molecule has 11 nitrogen and oxygen atoms in total. The van der Waals surface area contributed by atoms with Crippen LogP contribution in [0, 0.1) is 99.6 Å². The number of hydrogen-bond acceptors (Lipinski definition) is 7. The van der Waals surface area contributed by atoms with Gasteiger partial charge in [-0.3, -0.25) is 14.5 Å². The fourth-order valence-corrected chi connectivity index (χ4v) is 4.15. The molecule has 252 valence electrons. The van der Waals surface area contributed by atoms with Crippen molar-refractivity contribution in [1.29, 1.82) is 0 Å². The van der Waals surface area contributed by atoms with Crippen LogP contribution in [0.25, 0.3) is 11.1 Å². The molecule has 0 saturated carbocycles. The number of nitrogens with one attached hydrogen (secondary N) is 4. The molecule has 13 heteroatoms. The summed E-state index contributed by atoms with van der Waals surface area (Å²) in [4.78, 5) is 48.5. The van der Waals surface area contributed by atoms with Crippen molar-refractivity contribution in [1.82, 2.24) is 26.2 Å². The SMILES string of the molecule is [CH2-]C(=O)NCCN(CCNC([CH2-])=O)CC(=O)NCCOCCOCCNC(=O)[C@@H](C)Cc1ccc(-c2ccccc2)cc1.[Gd].[Gd]. The number of carbonyl (C=O) groups is 4. The molecule has 2 rings (SSSR count). The molecule has 4 amide bonds. The quantitative estimate of drug-likeness (QED) is 0.109. The van der Waals surface area contributed by atoms with Crippen LogP contribution < -0.4 is 21.3 Å². The summed E-state index contributed by atoms with van der Waals surface area (Å²) in [6, 6.07) is 18.5. The maximum Gasteiger partial charge on any atom is 0.234 e. The van der Waals surface area contributed by atoms with E-state index in [0.717, 1.165) is 11.1 Å². The van der Waals surface area contributed by atoms with Gasteiger partial charge in [-0.15, -0.1) is 0 Å². The summed E-state index contributed by atoms with van der Waals surface area (Å²) >= 11 is 0. The van der Waals surface area contributed by atoms with Crippen LogP contribution in [0.3, 0.4) is 0 Å². The number of nitrogens with zero attached hydrogens (tertiary/aromatic N) is 1. The van der Waals surface area contributed by atoms with Crippen LogP contribution in [0.1, 0.15) is 12.5 Å². The molecular weight excluding hydrogens is 865 g/mol. The second-order valence-corrected chi connectivity index (χ2v) is 10.0. The van der Waals surface area contributed by atoms with Crippen LogP contribution in [-0.2, 0) is 35.1 Å². The largest absolute Gasteiger partial charge is 0.380 e. The Morgan fingerprint density at radius 3 is 1.73 bits per heavy atom. The zero-order valence-corrected chi connectivity index (χ0v) is 30.3. The van der Waals surface area contributed by atoms with Gasteiger partial charge >= 0.3 is 0 Å². The zero-order chi connectivity index (χ0) is 31.3. The predicted molar refractivity (Wildman–Crippen MR) is 166 cm³/mol. The van der Waals surface area contributed by atoms with Crippen LogP contribution in [0.15, 0.2) is 54.6 Å². The first kappa shape index (κ1) is 43.6. The van der Waals surface area contributed by atoms with Crippen molar-refractivity contribution < 1.29 is 109 Å². The van der Waals surface area contributed by atoms with Gasteiger partial charge in [0, 0.05) is 125 Å². The third-order valence-corrected chi connectivity index (χ3v) is 6.40. The van der Waals surface area contributed by atoms with Crippen molar-refractivity contribution in [3.63, 3.8) is 0 Å². The van der Waals surface area contributed by atoms with Crippen molar-refractivity contribution in [2.75, 3.05) is 72.2 Å². The molecule has 1 atom stereocenters. The smallest absolute Gasteiger partial charge is 0.234 e. The molecule has 4 N–H and O–H groups in total. The second-order valence-electron chi connectivity index (χ2n) is 10.0. The molecule has 2 aromatic carbocycles. The standard InChI is InChI=1S/C32H45N5O6.2Gd/c1-25(23-28-9-11-30(12-10-28)29-7-5-4-6-8-29)32(41)36-16-20-43-22-21-42-19-15-35-31(40)24-37(17-13-33-26(2)38)18-14-34-27(3)39;;/h4-12,25H,2-3,13-24H2,1H3,(H,33,38)(H,34,39)(H,35,40)(H,36,41);;/q-2;;/t25-;;/m0../s1. The van der Waals surface area contributed by atoms with Gasteiger partial charge < -0.3 is 54.2 Å². The maximum atomic E-state index is 12.5. The van der Waals surface area contributed by atoms with E-state index in [1.807, 2.05) is 25.1 Å². The molecule has 0 aliphatic heterocycles. The van der Waals surface area contributed by atoms with Crippen molar-refractivity contribution >= 4 is 23.6 Å². The van der Waals surface area contributed by atoms with Crippen LogP contribution in [0.4, 0.5) is 0 Å². The van der Waals surface area contributed by atoms with E-state index in [0.29, 0.717) is 72.1 Å². The molecule has 0 heterocycles. The summed E-state index contributed by atoms with van der Waals surface area (Å²) < 4.78 is 11.0. The van der Waals surface area contributed by atoms with Crippen molar-refractivity contribution in [3.8, 4) is 11.1 Å². The number of ether oxygens (including phenoxy) is 2. The summed E-state index contributed by atoms with van der Waals surface area (Å²) in [5.74, 6) is -1.16. The minimum atomic E-state index is -0.395. The van der Waals surface area contributed by atoms with Crippen molar-refractivity contribution in [2.45, 2.75) is 13.3 Å². The fourth-order valence-electron chi connectivity index (χ4n) is 4.15. The van der Waals surface area contributed by atoms with Gasteiger partial charge in [0.2, 0.25) is 11.8 Å². The van der Waals surface area contributed by atoms with E-state index in [4.69, 9.17) is 9.47 Å². The summed E-state index contributed by atoms with van der Waals surface area (Å²) in [6.45, 7) is 12.2. The molecule has 0 unspecified atom stereocenters. The Labute approximate surface area is 331 Å². The van der Waals surface area contributed by atoms with Gasteiger partial charge in [-0.1, -0.05) is 61.5 Å². The van der Waals surface area contributed by atoms with Crippen molar-refractivity contribution in [2.24, 2.45) is 5.92 Å². The Balaban J connectivity index is 0.00000968. The number of rotatable bonds is 21. The molecule has 0 aliphatic carbocycles. The van der Waals surface area contributed by atoms with E-state index in [1.54, 1.807) is 4.90 Å². The summed E-state index contributed by atoms with van der Waals surface area (Å²) in [7, 11) is 0. The van der Waals surface area contributed by atoms with E-state index < -0.39 is 11.8 Å². The Morgan fingerprint density at radius 2 is 1.20 bits per heavy atom. The third-order valence-electron chi connectivity index (χ3n) is 6.40. The van der Waals surface area contributed by atoms with Crippen LogP contribution >= 0.6 is 0 Å². The van der Waals surface area contributed by atoms with E-state index in [1.165, 1.54) is 5.56 Å². The van der Waals surface area contributed by atoms with Crippen LogP contribution in [-0.4, -0.2) is 101 Å². The first-order valence-electron chi connectivity index (χ1n) is 14.5. The summed E-state index contributed by atoms with van der Waals surface area (Å²) in [5.41, 5.74) is 3.43. The molecule has 0 aliphatic rings. The van der Waals surface area contributed by atoms with E-state index in [2.05, 4.69) is 71.5 Å². The number of amides is 4. The first-order chi connectivity index (χ1) is 20.7. The summed E-state index contributed by atoms with van der Waals surface area (Å²) in [5, 5.41) is 10.9. The number of carbonyl (C=O) groups excluding carboxylic acids is 4. The molecule has 0 spiro atoms. The molecular formula is C32H45Gd2N5O6-2. The van der Waals surface area contributed by atoms with Gasteiger partial charge in [0.15, 0.2) is 0 Å². The van der Waals surface area contributed by atoms with Gasteiger partial charge in [0.05, 0.1) is 44.8 Å². The van der Waals surface area contributed by atoms with Gasteiger partial charge in [0.25, 0.3) is 0 Å². The molecule has 2 aromatic rings. The number of benzene rings is 2. The Bertz CT molecular complexity index is 1100. The summed E-state index contributed by atoms with van der Waals surface area (Å²) in [6.07, 6.45) is 0.660. The topological polar surface area (TPSA) is 138 Å². The van der Waals surface area contributed by atoms with Crippen LogP contribution in [0.2, 0.25) is 0 Å². The van der Waals surface area contributed by atoms with Crippen molar-refractivity contribution in [3.05, 3.63) is 74.0 Å². The van der Waals surface area contributed by atoms with Gasteiger partial charge in [-0.05, 0) is 23.1 Å². The van der Waals surface area contributed by atoms with Crippen LogP contribution in [0.5, 0.6) is 0 Å². The second kappa shape index (κ2) is 26.6.